The molecule has 0 atom stereocenters. The lowest BCUT2D eigenvalue weighted by Crippen LogP contribution is -2.27. The second kappa shape index (κ2) is 6.71. The Hall–Kier alpha value is -2.84. The molecule has 0 aliphatic rings. The van der Waals surface area contributed by atoms with Crippen molar-refractivity contribution in [1.82, 2.24) is 4.57 Å². The summed E-state index contributed by atoms with van der Waals surface area (Å²) < 4.78 is 24.0. The van der Waals surface area contributed by atoms with E-state index in [1.807, 2.05) is 0 Å². The number of rotatable bonds is 4. The predicted octanol–water partition coefficient (Wildman–Crippen LogP) is 2.51. The number of aromatic nitrogens is 1. The summed E-state index contributed by atoms with van der Waals surface area (Å²) in [5.74, 6) is -2.04. The van der Waals surface area contributed by atoms with E-state index in [2.05, 4.69) is 0 Å². The van der Waals surface area contributed by atoms with Crippen LogP contribution in [0.3, 0.4) is 0 Å². The summed E-state index contributed by atoms with van der Waals surface area (Å²) in [6.07, 6.45) is 1.07. The van der Waals surface area contributed by atoms with Crippen LogP contribution in [0.15, 0.2) is 52.2 Å². The summed E-state index contributed by atoms with van der Waals surface area (Å²) >= 11 is 5.88. The molecule has 140 valence electrons. The molecule has 0 aliphatic carbocycles. The number of sulfone groups is 1. The number of carbonyl (C=O) groups is 1. The Labute approximate surface area is 159 Å². The fourth-order valence-corrected chi connectivity index (χ4v) is 3.60. The first-order chi connectivity index (χ1) is 12.6. The van der Waals surface area contributed by atoms with Gasteiger partial charge in [-0.3, -0.25) is 9.36 Å². The van der Waals surface area contributed by atoms with Crippen LogP contribution in [-0.4, -0.2) is 35.4 Å². The Kier molecular flexibility index (Phi) is 4.71. The molecule has 0 saturated heterocycles. The zero-order chi connectivity index (χ0) is 19.9. The van der Waals surface area contributed by atoms with Crippen molar-refractivity contribution in [2.45, 2.75) is 11.4 Å². The van der Waals surface area contributed by atoms with E-state index in [0.29, 0.717) is 5.56 Å². The molecule has 9 heteroatoms. The van der Waals surface area contributed by atoms with Crippen LogP contribution in [0.4, 0.5) is 0 Å². The summed E-state index contributed by atoms with van der Waals surface area (Å²) in [6, 6.07) is 9.92. The Morgan fingerprint density at radius 3 is 2.30 bits per heavy atom. The molecule has 0 saturated carbocycles. The van der Waals surface area contributed by atoms with Crippen molar-refractivity contribution < 1.29 is 23.4 Å². The maximum Gasteiger partial charge on any atom is 0.356 e. The highest BCUT2D eigenvalue weighted by Gasteiger charge is 2.22. The highest BCUT2D eigenvalue weighted by molar-refractivity contribution is 7.90. The van der Waals surface area contributed by atoms with Crippen molar-refractivity contribution in [2.24, 2.45) is 0 Å². The Bertz CT molecular complexity index is 1230. The van der Waals surface area contributed by atoms with Gasteiger partial charge in [0.05, 0.1) is 16.8 Å². The number of nitrogens with zero attached hydrogens (tertiary/aromatic N) is 1. The van der Waals surface area contributed by atoms with Gasteiger partial charge in [0.15, 0.2) is 21.3 Å². The molecular weight excluding hydrogens is 394 g/mol. The quantitative estimate of drug-likeness (QED) is 0.686. The SMILES string of the molecule is CS(=O)(=O)c1ccc(Cn2c(C(=O)O)c(O)c3cc(Cl)ccc3c2=O)cc1. The molecule has 3 rings (SSSR count). The lowest BCUT2D eigenvalue weighted by atomic mass is 10.1. The van der Waals surface area contributed by atoms with E-state index < -0.39 is 32.8 Å². The predicted molar refractivity (Wildman–Crippen MR) is 100 cm³/mol. The number of fused-ring (bicyclic) bond motifs is 1. The van der Waals surface area contributed by atoms with E-state index >= 15 is 0 Å². The average molecular weight is 408 g/mol. The minimum Gasteiger partial charge on any atom is -0.505 e. The zero-order valence-corrected chi connectivity index (χ0v) is 15.6. The summed E-state index contributed by atoms with van der Waals surface area (Å²) in [4.78, 5) is 24.6. The number of halogens is 1. The monoisotopic (exact) mass is 407 g/mol. The van der Waals surface area contributed by atoms with Crippen LogP contribution in [0.5, 0.6) is 5.75 Å². The molecule has 0 aliphatic heterocycles. The van der Waals surface area contributed by atoms with Crippen molar-refractivity contribution >= 4 is 38.2 Å². The molecule has 7 nitrogen and oxygen atoms in total. The number of hydrogen-bond acceptors (Lipinski definition) is 5. The van der Waals surface area contributed by atoms with Crippen LogP contribution >= 0.6 is 11.6 Å². The van der Waals surface area contributed by atoms with E-state index in [1.54, 1.807) is 0 Å². The number of carboxylic acid groups (broad SMARTS) is 1. The van der Waals surface area contributed by atoms with Gasteiger partial charge in [-0.1, -0.05) is 23.7 Å². The highest BCUT2D eigenvalue weighted by Crippen LogP contribution is 2.29. The van der Waals surface area contributed by atoms with Crippen LogP contribution in [0.2, 0.25) is 5.02 Å². The van der Waals surface area contributed by atoms with Crippen molar-refractivity contribution in [2.75, 3.05) is 6.26 Å². The van der Waals surface area contributed by atoms with Gasteiger partial charge in [0.1, 0.15) is 0 Å². The summed E-state index contributed by atoms with van der Waals surface area (Å²) in [6.45, 7) is -0.156. The first-order valence-corrected chi connectivity index (χ1v) is 9.94. The van der Waals surface area contributed by atoms with Crippen LogP contribution in [0.25, 0.3) is 10.8 Å². The van der Waals surface area contributed by atoms with Crippen LogP contribution in [-0.2, 0) is 16.4 Å². The Morgan fingerprint density at radius 2 is 1.74 bits per heavy atom. The molecule has 1 heterocycles. The summed E-state index contributed by atoms with van der Waals surface area (Å²) in [5.41, 5.74) is -0.675. The average Bonchev–Trinajstić information content (AvgIpc) is 2.59. The molecule has 1 aromatic heterocycles. The van der Waals surface area contributed by atoms with Crippen LogP contribution in [0.1, 0.15) is 16.1 Å². The molecule has 0 radical (unpaired) electrons. The lowest BCUT2D eigenvalue weighted by molar-refractivity contribution is 0.0680. The van der Waals surface area contributed by atoms with Crippen molar-refractivity contribution in [3.05, 3.63) is 69.1 Å². The van der Waals surface area contributed by atoms with Crippen molar-refractivity contribution in [3.8, 4) is 5.75 Å². The number of hydrogen-bond donors (Lipinski definition) is 2. The van der Waals surface area contributed by atoms with Gasteiger partial charge < -0.3 is 10.2 Å². The minimum absolute atomic E-state index is 0.0496. The minimum atomic E-state index is -3.38. The number of pyridine rings is 1. The third-order valence-electron chi connectivity index (χ3n) is 4.10. The smallest absolute Gasteiger partial charge is 0.356 e. The van der Waals surface area contributed by atoms with E-state index in [1.165, 1.54) is 42.5 Å². The normalized spacial score (nSPS) is 11.6. The molecule has 2 N–H and O–H groups in total. The molecule has 27 heavy (non-hydrogen) atoms. The van der Waals surface area contributed by atoms with Gasteiger partial charge in [-0.25, -0.2) is 13.2 Å². The highest BCUT2D eigenvalue weighted by atomic mass is 35.5. The van der Waals surface area contributed by atoms with Crippen LogP contribution in [0, 0.1) is 0 Å². The fraction of sp³-hybridized carbons (Fsp3) is 0.111. The molecule has 0 unspecified atom stereocenters. The Balaban J connectivity index is 2.20. The maximum absolute atomic E-state index is 12.8. The third kappa shape index (κ3) is 3.54. The van der Waals surface area contributed by atoms with E-state index in [9.17, 15) is 28.2 Å². The first-order valence-electron chi connectivity index (χ1n) is 7.67. The molecule has 2 aromatic carbocycles. The topological polar surface area (TPSA) is 114 Å². The van der Waals surface area contributed by atoms with Crippen LogP contribution < -0.4 is 5.56 Å². The standard InChI is InChI=1S/C18H14ClNO6S/c1-27(25,26)12-5-2-10(3-6-12)9-20-15(18(23)24)16(21)14-8-11(19)4-7-13(14)17(20)22/h2-8,21H,9H2,1H3,(H,23,24). The lowest BCUT2D eigenvalue weighted by Gasteiger charge is -2.14. The molecular formula is C18H14ClNO6S. The molecule has 0 fully saturated rings. The maximum atomic E-state index is 12.8. The second-order valence-corrected chi connectivity index (χ2v) is 8.45. The number of benzene rings is 2. The third-order valence-corrected chi connectivity index (χ3v) is 5.46. The Morgan fingerprint density at radius 1 is 1.11 bits per heavy atom. The number of aromatic carboxylic acids is 1. The molecule has 3 aromatic rings. The first kappa shape index (κ1) is 18.9. The zero-order valence-electron chi connectivity index (χ0n) is 14.0. The van der Waals surface area contributed by atoms with Gasteiger partial charge in [-0.05, 0) is 35.9 Å². The summed E-state index contributed by atoms with van der Waals surface area (Å²) in [7, 11) is -3.38. The van der Waals surface area contributed by atoms with E-state index in [-0.39, 0.29) is 27.2 Å². The summed E-state index contributed by atoms with van der Waals surface area (Å²) in [5, 5.41) is 20.3. The number of carboxylic acids is 1. The molecule has 0 bridgehead atoms. The largest absolute Gasteiger partial charge is 0.505 e. The van der Waals surface area contributed by atoms with Gasteiger partial charge in [0, 0.05) is 16.7 Å². The van der Waals surface area contributed by atoms with Gasteiger partial charge in [0.2, 0.25) is 0 Å². The van der Waals surface area contributed by atoms with Gasteiger partial charge in [0.25, 0.3) is 5.56 Å². The van der Waals surface area contributed by atoms with Crippen molar-refractivity contribution in [1.29, 1.82) is 0 Å². The van der Waals surface area contributed by atoms with Gasteiger partial charge in [-0.15, -0.1) is 0 Å². The fourth-order valence-electron chi connectivity index (χ4n) is 2.79. The molecule has 0 amide bonds. The molecule has 0 spiro atoms. The van der Waals surface area contributed by atoms with E-state index in [4.69, 9.17) is 11.6 Å². The van der Waals surface area contributed by atoms with Gasteiger partial charge in [-0.2, -0.15) is 0 Å². The number of aromatic hydroxyl groups is 1. The van der Waals surface area contributed by atoms with E-state index in [0.717, 1.165) is 10.8 Å². The van der Waals surface area contributed by atoms with Crippen molar-refractivity contribution in [3.63, 3.8) is 0 Å². The van der Waals surface area contributed by atoms with Gasteiger partial charge >= 0.3 is 5.97 Å². The second-order valence-electron chi connectivity index (χ2n) is 6.00.